The van der Waals surface area contributed by atoms with Crippen molar-refractivity contribution in [2.45, 2.75) is 40.2 Å². The smallest absolute Gasteiger partial charge is 0.234 e. The summed E-state index contributed by atoms with van der Waals surface area (Å²) in [6.07, 6.45) is 0.534. The zero-order valence-electron chi connectivity index (χ0n) is 12.0. The molecule has 4 nitrogen and oxygen atoms in total. The van der Waals surface area contributed by atoms with Crippen LogP contribution >= 0.6 is 0 Å². The molecule has 0 aliphatic heterocycles. The first-order valence-electron chi connectivity index (χ1n) is 6.38. The molecular weight excluding hydrogens is 228 g/mol. The molecule has 1 amide bonds. The molecule has 1 aromatic carbocycles. The Balaban J connectivity index is 0. The van der Waals surface area contributed by atoms with E-state index in [1.165, 1.54) is 0 Å². The molecule has 1 unspecified atom stereocenters. The van der Waals surface area contributed by atoms with Gasteiger partial charge in [-0.1, -0.05) is 39.8 Å². The third kappa shape index (κ3) is 7.68. The van der Waals surface area contributed by atoms with Gasteiger partial charge in [-0.15, -0.1) is 0 Å². The van der Waals surface area contributed by atoms with Crippen molar-refractivity contribution in [3.8, 4) is 5.75 Å². The highest BCUT2D eigenvalue weighted by atomic mass is 16.3. The lowest BCUT2D eigenvalue weighted by Crippen LogP contribution is -2.40. The summed E-state index contributed by atoms with van der Waals surface area (Å²) in [4.78, 5) is 10.9. The molecule has 1 aromatic rings. The van der Waals surface area contributed by atoms with E-state index in [0.717, 1.165) is 5.56 Å². The Labute approximate surface area is 110 Å². The van der Waals surface area contributed by atoms with Gasteiger partial charge in [-0.3, -0.25) is 4.79 Å². The van der Waals surface area contributed by atoms with E-state index in [-0.39, 0.29) is 17.7 Å². The monoisotopic (exact) mass is 254 g/mol. The summed E-state index contributed by atoms with van der Waals surface area (Å²) < 4.78 is 0. The van der Waals surface area contributed by atoms with Crippen LogP contribution in [0.15, 0.2) is 24.3 Å². The Morgan fingerprint density at radius 3 is 2.00 bits per heavy atom. The first kappa shape index (κ1) is 18.8. The number of likely N-dealkylation sites (N-methyl/N-ethyl adjacent to an activating group) is 1. The zero-order valence-corrected chi connectivity index (χ0v) is 12.0. The Bertz CT molecular complexity index is 310. The van der Waals surface area contributed by atoms with Gasteiger partial charge in [0.1, 0.15) is 5.75 Å². The van der Waals surface area contributed by atoms with Gasteiger partial charge in [-0.2, -0.15) is 0 Å². The first-order chi connectivity index (χ1) is 8.63. The minimum Gasteiger partial charge on any atom is -0.508 e. The molecule has 0 aliphatic rings. The summed E-state index contributed by atoms with van der Waals surface area (Å²) >= 11 is 0. The molecule has 0 bridgehead atoms. The van der Waals surface area contributed by atoms with Gasteiger partial charge in [0, 0.05) is 0 Å². The van der Waals surface area contributed by atoms with Crippen molar-refractivity contribution in [2.24, 2.45) is 5.73 Å². The lowest BCUT2D eigenvalue weighted by Gasteiger charge is -2.11. The van der Waals surface area contributed by atoms with Crippen molar-refractivity contribution >= 4 is 5.91 Å². The number of nitrogens with one attached hydrogen (secondary N) is 1. The van der Waals surface area contributed by atoms with Crippen LogP contribution in [0.2, 0.25) is 0 Å². The van der Waals surface area contributed by atoms with Crippen LogP contribution < -0.4 is 11.1 Å². The molecule has 1 atom stereocenters. The molecule has 4 N–H and O–H groups in total. The topological polar surface area (TPSA) is 75.3 Å². The number of benzene rings is 1. The fourth-order valence-corrected chi connectivity index (χ4v) is 1.21. The fourth-order valence-electron chi connectivity index (χ4n) is 1.21. The number of hydrogen-bond acceptors (Lipinski definition) is 3. The summed E-state index contributed by atoms with van der Waals surface area (Å²) in [6.45, 7) is 8.00. The quantitative estimate of drug-likeness (QED) is 0.770. The summed E-state index contributed by atoms with van der Waals surface area (Å²) in [5, 5.41) is 11.9. The van der Waals surface area contributed by atoms with Crippen molar-refractivity contribution < 1.29 is 9.90 Å². The van der Waals surface area contributed by atoms with E-state index in [4.69, 9.17) is 10.8 Å². The average molecular weight is 254 g/mol. The van der Waals surface area contributed by atoms with Crippen LogP contribution in [-0.2, 0) is 11.2 Å². The number of amides is 1. The number of phenols is 1. The maximum Gasteiger partial charge on any atom is 0.234 e. The van der Waals surface area contributed by atoms with Gasteiger partial charge in [0.25, 0.3) is 0 Å². The summed E-state index contributed by atoms with van der Waals surface area (Å²) in [6, 6.07) is 6.34. The van der Waals surface area contributed by atoms with Gasteiger partial charge in [0.2, 0.25) is 5.91 Å². The second-order valence-electron chi connectivity index (χ2n) is 3.11. The minimum atomic E-state index is -0.374. The Morgan fingerprint density at radius 2 is 1.67 bits per heavy atom. The van der Waals surface area contributed by atoms with Crippen LogP contribution in [-0.4, -0.2) is 24.1 Å². The Morgan fingerprint density at radius 1 is 1.22 bits per heavy atom. The van der Waals surface area contributed by atoms with Gasteiger partial charge >= 0.3 is 0 Å². The van der Waals surface area contributed by atoms with Gasteiger partial charge in [-0.25, -0.2) is 0 Å². The largest absolute Gasteiger partial charge is 0.508 e. The van der Waals surface area contributed by atoms with Gasteiger partial charge in [-0.05, 0) is 31.2 Å². The molecule has 0 spiro atoms. The van der Waals surface area contributed by atoms with Crippen LogP contribution in [0.3, 0.4) is 0 Å². The van der Waals surface area contributed by atoms with E-state index in [1.54, 1.807) is 31.3 Å². The predicted molar refractivity (Wildman–Crippen MR) is 76.5 cm³/mol. The SMILES string of the molecule is CC.CC.CNC(Cc1ccc(O)cc1)C(N)=O. The van der Waals surface area contributed by atoms with Crippen molar-refractivity contribution in [2.75, 3.05) is 7.05 Å². The molecule has 104 valence electrons. The van der Waals surface area contributed by atoms with Crippen molar-refractivity contribution in [3.05, 3.63) is 29.8 Å². The van der Waals surface area contributed by atoms with Crippen molar-refractivity contribution in [1.82, 2.24) is 5.32 Å². The average Bonchev–Trinajstić information content (AvgIpc) is 2.42. The van der Waals surface area contributed by atoms with Crippen molar-refractivity contribution in [3.63, 3.8) is 0 Å². The van der Waals surface area contributed by atoms with Crippen LogP contribution in [0.5, 0.6) is 5.75 Å². The lowest BCUT2D eigenvalue weighted by molar-refractivity contribution is -0.119. The summed E-state index contributed by atoms with van der Waals surface area (Å²) in [5.41, 5.74) is 6.13. The number of primary amides is 1. The number of nitrogens with two attached hydrogens (primary N) is 1. The molecule has 0 saturated heterocycles. The molecule has 0 aromatic heterocycles. The third-order valence-corrected chi connectivity index (χ3v) is 2.07. The normalized spacial score (nSPS) is 10.3. The lowest BCUT2D eigenvalue weighted by atomic mass is 10.1. The second kappa shape index (κ2) is 11.9. The summed E-state index contributed by atoms with van der Waals surface area (Å²) in [7, 11) is 1.69. The molecule has 0 radical (unpaired) electrons. The van der Waals surface area contributed by atoms with E-state index in [0.29, 0.717) is 6.42 Å². The minimum absolute atomic E-state index is 0.217. The first-order valence-corrected chi connectivity index (χ1v) is 6.38. The predicted octanol–water partition coefficient (Wildman–Crippen LogP) is 2.06. The van der Waals surface area contributed by atoms with Gasteiger partial charge in [0.05, 0.1) is 6.04 Å². The van der Waals surface area contributed by atoms with E-state index < -0.39 is 0 Å². The third-order valence-electron chi connectivity index (χ3n) is 2.07. The molecule has 4 heteroatoms. The number of hydrogen-bond donors (Lipinski definition) is 3. The highest BCUT2D eigenvalue weighted by Gasteiger charge is 2.12. The Hall–Kier alpha value is -1.55. The number of carbonyl (C=O) groups excluding carboxylic acids is 1. The maximum absolute atomic E-state index is 10.9. The molecule has 0 saturated carbocycles. The molecule has 0 heterocycles. The van der Waals surface area contributed by atoms with Gasteiger partial charge in [0.15, 0.2) is 0 Å². The fraction of sp³-hybridized carbons (Fsp3) is 0.500. The van der Waals surface area contributed by atoms with E-state index >= 15 is 0 Å². The number of carbonyl (C=O) groups is 1. The van der Waals surface area contributed by atoms with Gasteiger partial charge < -0.3 is 16.2 Å². The number of rotatable bonds is 4. The highest BCUT2D eigenvalue weighted by molar-refractivity contribution is 5.80. The molecule has 0 fully saturated rings. The molecule has 18 heavy (non-hydrogen) atoms. The van der Waals surface area contributed by atoms with Crippen LogP contribution in [0.4, 0.5) is 0 Å². The molecule has 1 rings (SSSR count). The standard InChI is InChI=1S/C10H14N2O2.2C2H6/c1-12-9(10(11)14)6-7-2-4-8(13)5-3-7;2*1-2/h2-5,9,12-13H,6H2,1H3,(H2,11,14);2*1-2H3. The van der Waals surface area contributed by atoms with Crippen LogP contribution in [0.1, 0.15) is 33.3 Å². The summed E-state index contributed by atoms with van der Waals surface area (Å²) in [5.74, 6) is -0.158. The highest BCUT2D eigenvalue weighted by Crippen LogP contribution is 2.10. The number of phenolic OH excluding ortho intramolecular Hbond substituents is 1. The Kier molecular flexibility index (Phi) is 12.5. The molecule has 0 aliphatic carbocycles. The molecular formula is C14H26N2O2. The van der Waals surface area contributed by atoms with E-state index in [1.807, 2.05) is 27.7 Å². The maximum atomic E-state index is 10.9. The van der Waals surface area contributed by atoms with Crippen LogP contribution in [0.25, 0.3) is 0 Å². The van der Waals surface area contributed by atoms with E-state index in [2.05, 4.69) is 5.32 Å². The second-order valence-corrected chi connectivity index (χ2v) is 3.11. The number of aromatic hydroxyl groups is 1. The van der Waals surface area contributed by atoms with Crippen LogP contribution in [0, 0.1) is 0 Å². The van der Waals surface area contributed by atoms with E-state index in [9.17, 15) is 4.79 Å². The zero-order chi connectivity index (χ0) is 14.6. The van der Waals surface area contributed by atoms with Crippen molar-refractivity contribution in [1.29, 1.82) is 0 Å².